The minimum atomic E-state index is -3.62. The van der Waals surface area contributed by atoms with Gasteiger partial charge in [0.05, 0.1) is 17.5 Å². The van der Waals surface area contributed by atoms with Crippen LogP contribution in [0.1, 0.15) is 27.6 Å². The standard InChI is InChI=1S/C18H17F2NO6S/c1-11(16(22)12-7-9-13(10-8-12)27-18(19)20)26-17(23)14-5-3-4-6-15(14)21-28(2,24)25/h3-11,18,21H,1-2H3/t11-/m0/s1. The van der Waals surface area contributed by atoms with E-state index in [1.807, 2.05) is 0 Å². The largest absolute Gasteiger partial charge is 0.451 e. The summed E-state index contributed by atoms with van der Waals surface area (Å²) in [7, 11) is -3.62. The lowest BCUT2D eigenvalue weighted by atomic mass is 10.1. The Morgan fingerprint density at radius 3 is 2.21 bits per heavy atom. The third kappa shape index (κ3) is 6.02. The molecule has 7 nitrogen and oxygen atoms in total. The number of anilines is 1. The number of nitrogens with one attached hydrogen (secondary N) is 1. The van der Waals surface area contributed by atoms with E-state index in [0.717, 1.165) is 6.26 Å². The van der Waals surface area contributed by atoms with E-state index >= 15 is 0 Å². The van der Waals surface area contributed by atoms with E-state index in [9.17, 15) is 26.8 Å². The highest BCUT2D eigenvalue weighted by Gasteiger charge is 2.22. The van der Waals surface area contributed by atoms with Crippen LogP contribution in [0.3, 0.4) is 0 Å². The molecule has 0 radical (unpaired) electrons. The van der Waals surface area contributed by atoms with Crippen LogP contribution >= 0.6 is 0 Å². The lowest BCUT2D eigenvalue weighted by Crippen LogP contribution is -2.25. The second-order valence-electron chi connectivity index (χ2n) is 5.73. The Morgan fingerprint density at radius 1 is 1.04 bits per heavy atom. The number of Topliss-reactive ketones (excluding diaryl/α,β-unsaturated/α-hetero) is 1. The maximum atomic E-state index is 12.4. The number of para-hydroxylation sites is 1. The van der Waals surface area contributed by atoms with Crippen molar-refractivity contribution in [3.05, 3.63) is 59.7 Å². The Kier molecular flexibility index (Phi) is 6.68. The molecule has 0 fully saturated rings. The number of halogens is 2. The van der Waals surface area contributed by atoms with E-state index in [1.165, 1.54) is 55.5 Å². The first kappa shape index (κ1) is 21.3. The van der Waals surface area contributed by atoms with Crippen molar-refractivity contribution in [2.45, 2.75) is 19.6 Å². The fraction of sp³-hybridized carbons (Fsp3) is 0.222. The Labute approximate surface area is 160 Å². The van der Waals surface area contributed by atoms with Crippen LogP contribution in [0.15, 0.2) is 48.5 Å². The summed E-state index contributed by atoms with van der Waals surface area (Å²) in [5.41, 5.74) is 0.0841. The maximum absolute atomic E-state index is 12.4. The summed E-state index contributed by atoms with van der Waals surface area (Å²) in [6, 6.07) is 10.7. The monoisotopic (exact) mass is 413 g/mol. The number of ketones is 1. The van der Waals surface area contributed by atoms with Crippen LogP contribution in [0.4, 0.5) is 14.5 Å². The van der Waals surface area contributed by atoms with Crippen molar-refractivity contribution in [1.82, 2.24) is 0 Å². The van der Waals surface area contributed by atoms with Crippen molar-refractivity contribution >= 4 is 27.5 Å². The average Bonchev–Trinajstić information content (AvgIpc) is 2.60. The molecule has 150 valence electrons. The molecule has 0 heterocycles. The Balaban J connectivity index is 2.11. The van der Waals surface area contributed by atoms with Crippen LogP contribution in [0, 0.1) is 0 Å². The minimum absolute atomic E-state index is 0.0168. The van der Waals surface area contributed by atoms with Gasteiger partial charge in [-0.1, -0.05) is 12.1 Å². The van der Waals surface area contributed by atoms with E-state index in [2.05, 4.69) is 9.46 Å². The molecule has 0 unspecified atom stereocenters. The second kappa shape index (κ2) is 8.79. The highest BCUT2D eigenvalue weighted by Crippen LogP contribution is 2.20. The lowest BCUT2D eigenvalue weighted by Gasteiger charge is -2.15. The number of carbonyl (C=O) groups excluding carboxylic acids is 2. The number of hydrogen-bond acceptors (Lipinski definition) is 6. The zero-order valence-corrected chi connectivity index (χ0v) is 15.7. The molecule has 0 amide bonds. The van der Waals surface area contributed by atoms with Crippen LogP contribution in [-0.2, 0) is 14.8 Å². The summed E-state index contributed by atoms with van der Waals surface area (Å²) in [6.45, 7) is -1.64. The van der Waals surface area contributed by atoms with E-state index in [0.29, 0.717) is 0 Å². The zero-order valence-electron chi connectivity index (χ0n) is 14.9. The van der Waals surface area contributed by atoms with Gasteiger partial charge in [-0.15, -0.1) is 0 Å². The molecule has 2 rings (SSSR count). The molecule has 28 heavy (non-hydrogen) atoms. The summed E-state index contributed by atoms with van der Waals surface area (Å²) >= 11 is 0. The summed E-state index contributed by atoms with van der Waals surface area (Å²) in [6.07, 6.45) is -0.261. The summed E-state index contributed by atoms with van der Waals surface area (Å²) < 4.78 is 58.7. The van der Waals surface area contributed by atoms with Gasteiger partial charge in [-0.05, 0) is 43.3 Å². The number of alkyl halides is 2. The van der Waals surface area contributed by atoms with Crippen LogP contribution in [0.5, 0.6) is 5.75 Å². The van der Waals surface area contributed by atoms with Crippen molar-refractivity contribution in [3.63, 3.8) is 0 Å². The fourth-order valence-electron chi connectivity index (χ4n) is 2.26. The Morgan fingerprint density at radius 2 is 1.64 bits per heavy atom. The molecule has 0 aliphatic rings. The highest BCUT2D eigenvalue weighted by atomic mass is 32.2. The van der Waals surface area contributed by atoms with Gasteiger partial charge >= 0.3 is 12.6 Å². The molecule has 0 aromatic heterocycles. The van der Waals surface area contributed by atoms with Gasteiger partial charge in [-0.2, -0.15) is 8.78 Å². The van der Waals surface area contributed by atoms with E-state index in [-0.39, 0.29) is 22.6 Å². The zero-order chi connectivity index (χ0) is 20.9. The van der Waals surface area contributed by atoms with Crippen LogP contribution in [0.2, 0.25) is 0 Å². The maximum Gasteiger partial charge on any atom is 0.387 e. The molecule has 0 aliphatic heterocycles. The molecule has 2 aromatic rings. The van der Waals surface area contributed by atoms with E-state index in [4.69, 9.17) is 4.74 Å². The molecule has 2 aromatic carbocycles. The van der Waals surface area contributed by atoms with Crippen molar-refractivity contribution in [2.75, 3.05) is 11.0 Å². The van der Waals surface area contributed by atoms with Crippen molar-refractivity contribution in [2.24, 2.45) is 0 Å². The molecule has 10 heteroatoms. The van der Waals surface area contributed by atoms with Crippen LogP contribution in [0.25, 0.3) is 0 Å². The van der Waals surface area contributed by atoms with Crippen molar-refractivity contribution in [1.29, 1.82) is 0 Å². The predicted molar refractivity (Wildman–Crippen MR) is 97.2 cm³/mol. The number of sulfonamides is 1. The van der Waals surface area contributed by atoms with Gasteiger partial charge < -0.3 is 9.47 Å². The van der Waals surface area contributed by atoms with E-state index in [1.54, 1.807) is 0 Å². The molecular weight excluding hydrogens is 396 g/mol. The first-order chi connectivity index (χ1) is 13.1. The second-order valence-corrected chi connectivity index (χ2v) is 7.48. The smallest absolute Gasteiger partial charge is 0.387 e. The molecule has 0 spiro atoms. The topological polar surface area (TPSA) is 98.8 Å². The fourth-order valence-corrected chi connectivity index (χ4v) is 2.84. The van der Waals surface area contributed by atoms with Gasteiger partial charge in [-0.3, -0.25) is 9.52 Å². The first-order valence-corrected chi connectivity index (χ1v) is 9.83. The molecule has 1 N–H and O–H groups in total. The summed E-state index contributed by atoms with van der Waals surface area (Å²) in [4.78, 5) is 24.7. The minimum Gasteiger partial charge on any atom is -0.451 e. The number of esters is 1. The number of carbonyl (C=O) groups is 2. The Hall–Kier alpha value is -3.01. The van der Waals surface area contributed by atoms with Gasteiger partial charge in [0.15, 0.2) is 6.10 Å². The third-order valence-corrected chi connectivity index (χ3v) is 4.05. The lowest BCUT2D eigenvalue weighted by molar-refractivity contribution is -0.0498. The molecule has 1 atom stereocenters. The molecule has 0 saturated heterocycles. The average molecular weight is 413 g/mol. The number of benzene rings is 2. The summed E-state index contributed by atoms with van der Waals surface area (Å²) in [5.74, 6) is -1.58. The number of rotatable bonds is 8. The molecular formula is C18H17F2NO6S. The summed E-state index contributed by atoms with van der Waals surface area (Å²) in [5, 5.41) is 0. The van der Waals surface area contributed by atoms with Gasteiger partial charge in [0.2, 0.25) is 15.8 Å². The molecule has 0 aliphatic carbocycles. The first-order valence-electron chi connectivity index (χ1n) is 7.93. The van der Waals surface area contributed by atoms with Gasteiger partial charge in [0, 0.05) is 5.56 Å². The Bertz CT molecular complexity index is 960. The van der Waals surface area contributed by atoms with Gasteiger partial charge in [0.1, 0.15) is 5.75 Å². The van der Waals surface area contributed by atoms with Crippen LogP contribution < -0.4 is 9.46 Å². The normalized spacial score (nSPS) is 12.3. The quantitative estimate of drug-likeness (QED) is 0.528. The van der Waals surface area contributed by atoms with Crippen LogP contribution in [-0.4, -0.2) is 39.1 Å². The van der Waals surface area contributed by atoms with Gasteiger partial charge in [0.25, 0.3) is 0 Å². The molecule has 0 bridgehead atoms. The highest BCUT2D eigenvalue weighted by molar-refractivity contribution is 7.92. The van der Waals surface area contributed by atoms with Crippen molar-refractivity contribution < 1.29 is 36.3 Å². The third-order valence-electron chi connectivity index (χ3n) is 3.46. The number of hydrogen-bond donors (Lipinski definition) is 1. The van der Waals surface area contributed by atoms with Crippen molar-refractivity contribution in [3.8, 4) is 5.75 Å². The predicted octanol–water partition coefficient (Wildman–Crippen LogP) is 3.09. The van der Waals surface area contributed by atoms with E-state index < -0.39 is 34.5 Å². The SMILES string of the molecule is C[C@H](OC(=O)c1ccccc1NS(C)(=O)=O)C(=O)c1ccc(OC(F)F)cc1. The van der Waals surface area contributed by atoms with Gasteiger partial charge in [-0.25, -0.2) is 13.2 Å². The molecule has 0 saturated carbocycles. The number of ether oxygens (including phenoxy) is 2.